The van der Waals surface area contributed by atoms with E-state index >= 15 is 0 Å². The monoisotopic (exact) mass is 195 g/mol. The minimum atomic E-state index is 0.0238. The van der Waals surface area contributed by atoms with Crippen LogP contribution in [0.5, 0.6) is 0 Å². The topological polar surface area (TPSA) is 40.9 Å². The van der Waals surface area contributed by atoms with Gasteiger partial charge in [-0.1, -0.05) is 30.3 Å². The van der Waals surface area contributed by atoms with E-state index < -0.39 is 0 Å². The zero-order chi connectivity index (χ0) is 10.8. The average Bonchev–Trinajstić information content (AvgIpc) is 2.27. The first-order valence-electron chi connectivity index (χ1n) is 4.67. The van der Waals surface area contributed by atoms with Crippen LogP contribution in [0.25, 0.3) is 10.8 Å². The molecule has 2 aromatic rings. The molecule has 0 aromatic heterocycles. The fourth-order valence-corrected chi connectivity index (χ4v) is 1.71. The van der Waals surface area contributed by atoms with E-state index in [-0.39, 0.29) is 5.78 Å². The van der Waals surface area contributed by atoms with Crippen molar-refractivity contribution in [1.29, 1.82) is 5.26 Å². The van der Waals surface area contributed by atoms with Gasteiger partial charge in [-0.2, -0.15) is 5.26 Å². The van der Waals surface area contributed by atoms with Crippen LogP contribution in [-0.2, 0) is 0 Å². The van der Waals surface area contributed by atoms with Gasteiger partial charge in [-0.05, 0) is 18.4 Å². The summed E-state index contributed by atoms with van der Waals surface area (Å²) in [5.41, 5.74) is 1.28. The van der Waals surface area contributed by atoms with Gasteiger partial charge in [-0.25, -0.2) is 0 Å². The second-order valence-corrected chi connectivity index (χ2v) is 3.37. The summed E-state index contributed by atoms with van der Waals surface area (Å²) in [6, 6.07) is 13.0. The summed E-state index contributed by atoms with van der Waals surface area (Å²) in [5, 5.41) is 10.6. The fourth-order valence-electron chi connectivity index (χ4n) is 1.71. The highest BCUT2D eigenvalue weighted by Gasteiger charge is 2.06. The molecule has 0 aliphatic heterocycles. The molecule has 0 heterocycles. The molecule has 0 unspecified atom stereocenters. The SMILES string of the molecule is CC(=O)c1cccc2c(C#N)cccc12. The van der Waals surface area contributed by atoms with Crippen molar-refractivity contribution < 1.29 is 4.79 Å². The molecule has 0 saturated heterocycles. The third kappa shape index (κ3) is 1.49. The molecule has 0 amide bonds. The first-order valence-corrected chi connectivity index (χ1v) is 4.67. The predicted molar refractivity (Wildman–Crippen MR) is 58.7 cm³/mol. The maximum Gasteiger partial charge on any atom is 0.160 e. The number of hydrogen-bond acceptors (Lipinski definition) is 2. The number of benzene rings is 2. The van der Waals surface area contributed by atoms with E-state index in [4.69, 9.17) is 5.26 Å². The molecular formula is C13H9NO. The molecule has 2 heteroatoms. The molecule has 0 spiro atoms. The molecule has 15 heavy (non-hydrogen) atoms. The van der Waals surface area contributed by atoms with Crippen LogP contribution in [0.4, 0.5) is 0 Å². The van der Waals surface area contributed by atoms with Crippen molar-refractivity contribution in [3.05, 3.63) is 47.5 Å². The Labute approximate surface area is 87.8 Å². The Hall–Kier alpha value is -2.14. The second-order valence-electron chi connectivity index (χ2n) is 3.37. The molecule has 2 nitrogen and oxygen atoms in total. The van der Waals surface area contributed by atoms with E-state index in [2.05, 4.69) is 6.07 Å². The summed E-state index contributed by atoms with van der Waals surface area (Å²) < 4.78 is 0. The van der Waals surface area contributed by atoms with Crippen LogP contribution in [0.1, 0.15) is 22.8 Å². The first-order chi connectivity index (χ1) is 7.24. The van der Waals surface area contributed by atoms with E-state index in [0.717, 1.165) is 10.8 Å². The second kappa shape index (κ2) is 3.55. The minimum Gasteiger partial charge on any atom is -0.294 e. The van der Waals surface area contributed by atoms with Crippen LogP contribution in [0, 0.1) is 11.3 Å². The molecule has 0 atom stereocenters. The summed E-state index contributed by atoms with van der Waals surface area (Å²) in [6.07, 6.45) is 0. The third-order valence-corrected chi connectivity index (χ3v) is 2.42. The standard InChI is InChI=1S/C13H9NO/c1-9(15)11-5-3-6-12-10(8-14)4-2-7-13(11)12/h2-7H,1H3. The van der Waals surface area contributed by atoms with Gasteiger partial charge in [0.2, 0.25) is 0 Å². The van der Waals surface area contributed by atoms with Gasteiger partial charge in [0.15, 0.2) is 5.78 Å². The van der Waals surface area contributed by atoms with Crippen LogP contribution < -0.4 is 0 Å². The maximum atomic E-state index is 11.4. The number of carbonyl (C=O) groups excluding carboxylic acids is 1. The van der Waals surface area contributed by atoms with Gasteiger partial charge in [0.05, 0.1) is 11.6 Å². The number of Topliss-reactive ketones (excluding diaryl/α,β-unsaturated/α-hetero) is 1. The van der Waals surface area contributed by atoms with Gasteiger partial charge in [0, 0.05) is 10.9 Å². The van der Waals surface area contributed by atoms with Crippen LogP contribution in [0.3, 0.4) is 0 Å². The molecule has 2 aromatic carbocycles. The highest BCUT2D eigenvalue weighted by atomic mass is 16.1. The van der Waals surface area contributed by atoms with Crippen molar-refractivity contribution in [3.63, 3.8) is 0 Å². The van der Waals surface area contributed by atoms with E-state index in [1.807, 2.05) is 12.1 Å². The van der Waals surface area contributed by atoms with E-state index in [9.17, 15) is 4.79 Å². The Balaban J connectivity index is 2.90. The first kappa shape index (κ1) is 9.42. The van der Waals surface area contributed by atoms with Crippen molar-refractivity contribution in [2.75, 3.05) is 0 Å². The summed E-state index contributed by atoms with van der Waals surface area (Å²) in [5.74, 6) is 0.0238. The van der Waals surface area contributed by atoms with Gasteiger partial charge in [0.1, 0.15) is 0 Å². The van der Waals surface area contributed by atoms with Crippen LogP contribution in [0.15, 0.2) is 36.4 Å². The molecule has 2 rings (SSSR count). The quantitative estimate of drug-likeness (QED) is 0.656. The van der Waals surface area contributed by atoms with E-state index in [1.54, 1.807) is 24.3 Å². The summed E-state index contributed by atoms with van der Waals surface area (Å²) in [4.78, 5) is 11.4. The average molecular weight is 195 g/mol. The van der Waals surface area contributed by atoms with Crippen LogP contribution in [0.2, 0.25) is 0 Å². The van der Waals surface area contributed by atoms with Gasteiger partial charge in [-0.15, -0.1) is 0 Å². The largest absolute Gasteiger partial charge is 0.294 e. The summed E-state index contributed by atoms with van der Waals surface area (Å²) in [6.45, 7) is 1.54. The molecule has 0 bridgehead atoms. The van der Waals surface area contributed by atoms with Crippen molar-refractivity contribution in [2.24, 2.45) is 0 Å². The summed E-state index contributed by atoms with van der Waals surface area (Å²) in [7, 11) is 0. The Kier molecular flexibility index (Phi) is 2.23. The van der Waals surface area contributed by atoms with E-state index in [0.29, 0.717) is 11.1 Å². The van der Waals surface area contributed by atoms with E-state index in [1.165, 1.54) is 6.92 Å². The van der Waals surface area contributed by atoms with Crippen molar-refractivity contribution in [2.45, 2.75) is 6.92 Å². The fraction of sp³-hybridized carbons (Fsp3) is 0.0769. The molecule has 72 valence electrons. The van der Waals surface area contributed by atoms with Crippen molar-refractivity contribution >= 4 is 16.6 Å². The molecule has 0 radical (unpaired) electrons. The predicted octanol–water partition coefficient (Wildman–Crippen LogP) is 2.91. The molecule has 0 aliphatic rings. The van der Waals surface area contributed by atoms with Crippen LogP contribution >= 0.6 is 0 Å². The molecule has 0 N–H and O–H groups in total. The lowest BCUT2D eigenvalue weighted by atomic mass is 9.99. The van der Waals surface area contributed by atoms with Gasteiger partial charge < -0.3 is 0 Å². The highest BCUT2D eigenvalue weighted by molar-refractivity contribution is 6.08. The lowest BCUT2D eigenvalue weighted by molar-refractivity contribution is 0.101. The number of carbonyl (C=O) groups is 1. The Morgan fingerprint density at radius 2 is 1.80 bits per heavy atom. The zero-order valence-corrected chi connectivity index (χ0v) is 8.32. The molecule has 0 aliphatic carbocycles. The third-order valence-electron chi connectivity index (χ3n) is 2.42. The van der Waals surface area contributed by atoms with Crippen LogP contribution in [-0.4, -0.2) is 5.78 Å². The van der Waals surface area contributed by atoms with Gasteiger partial charge >= 0.3 is 0 Å². The van der Waals surface area contributed by atoms with Gasteiger partial charge in [0.25, 0.3) is 0 Å². The Morgan fingerprint density at radius 3 is 2.47 bits per heavy atom. The number of hydrogen-bond donors (Lipinski definition) is 0. The van der Waals surface area contributed by atoms with Crippen molar-refractivity contribution in [3.8, 4) is 6.07 Å². The number of fused-ring (bicyclic) bond motifs is 1. The molecule has 0 saturated carbocycles. The smallest absolute Gasteiger partial charge is 0.160 e. The summed E-state index contributed by atoms with van der Waals surface area (Å²) >= 11 is 0. The molecular weight excluding hydrogens is 186 g/mol. The Morgan fingerprint density at radius 1 is 1.13 bits per heavy atom. The minimum absolute atomic E-state index is 0.0238. The lowest BCUT2D eigenvalue weighted by Crippen LogP contribution is -1.93. The zero-order valence-electron chi connectivity index (χ0n) is 8.32. The van der Waals surface area contributed by atoms with Gasteiger partial charge in [-0.3, -0.25) is 4.79 Å². The Bertz CT molecular complexity index is 579. The normalized spacial score (nSPS) is 9.87. The molecule has 0 fully saturated rings. The number of nitriles is 1. The lowest BCUT2D eigenvalue weighted by Gasteiger charge is -2.03. The number of ketones is 1. The maximum absolute atomic E-state index is 11.4. The number of rotatable bonds is 1. The highest BCUT2D eigenvalue weighted by Crippen LogP contribution is 2.22. The van der Waals surface area contributed by atoms with Crippen molar-refractivity contribution in [1.82, 2.24) is 0 Å². The number of nitrogens with zero attached hydrogens (tertiary/aromatic N) is 1.